The first-order chi connectivity index (χ1) is 9.63. The molecule has 1 amide bonds. The van der Waals surface area contributed by atoms with E-state index in [2.05, 4.69) is 6.92 Å². The van der Waals surface area contributed by atoms with Crippen molar-refractivity contribution in [2.24, 2.45) is 0 Å². The first-order valence-corrected chi connectivity index (χ1v) is 7.51. The molecule has 0 spiro atoms. The second kappa shape index (κ2) is 6.69. The monoisotopic (exact) mass is 273 g/mol. The average molecular weight is 273 g/mol. The minimum Gasteiger partial charge on any atom is -0.340 e. The molecule has 1 aromatic rings. The summed E-state index contributed by atoms with van der Waals surface area (Å²) < 4.78 is 0. The van der Waals surface area contributed by atoms with Crippen LogP contribution < -0.4 is 0 Å². The van der Waals surface area contributed by atoms with Crippen molar-refractivity contribution >= 4 is 11.7 Å². The van der Waals surface area contributed by atoms with Crippen LogP contribution in [0.4, 0.5) is 0 Å². The van der Waals surface area contributed by atoms with Gasteiger partial charge >= 0.3 is 0 Å². The first-order valence-electron chi connectivity index (χ1n) is 7.51. The highest BCUT2D eigenvalue weighted by atomic mass is 16.2. The Kier molecular flexibility index (Phi) is 4.94. The third-order valence-corrected chi connectivity index (χ3v) is 4.18. The predicted molar refractivity (Wildman–Crippen MR) is 79.8 cm³/mol. The molecule has 1 fully saturated rings. The van der Waals surface area contributed by atoms with E-state index < -0.39 is 0 Å². The number of carbonyl (C=O) groups is 2. The normalized spacial score (nSPS) is 18.3. The van der Waals surface area contributed by atoms with Crippen LogP contribution in [0.15, 0.2) is 24.3 Å². The molecule has 0 aliphatic carbocycles. The van der Waals surface area contributed by atoms with Gasteiger partial charge in [-0.25, -0.2) is 0 Å². The highest BCUT2D eigenvalue weighted by molar-refractivity contribution is 5.99. The molecule has 1 unspecified atom stereocenters. The fourth-order valence-electron chi connectivity index (χ4n) is 2.97. The van der Waals surface area contributed by atoms with Crippen LogP contribution >= 0.6 is 0 Å². The largest absolute Gasteiger partial charge is 0.340 e. The summed E-state index contributed by atoms with van der Waals surface area (Å²) in [6.45, 7) is 4.91. The summed E-state index contributed by atoms with van der Waals surface area (Å²) in [5.74, 6) is 0.208. The van der Waals surface area contributed by atoms with E-state index in [9.17, 15) is 9.59 Å². The van der Waals surface area contributed by atoms with E-state index >= 15 is 0 Å². The molecule has 1 aliphatic rings. The maximum Gasteiger partial charge on any atom is 0.223 e. The summed E-state index contributed by atoms with van der Waals surface area (Å²) in [5, 5.41) is 0. The summed E-state index contributed by atoms with van der Waals surface area (Å²) in [7, 11) is 0. The molecule has 0 N–H and O–H groups in total. The van der Waals surface area contributed by atoms with Crippen LogP contribution in [0.1, 0.15) is 54.9 Å². The molecule has 1 aromatic carbocycles. The number of likely N-dealkylation sites (tertiary alicyclic amines) is 1. The van der Waals surface area contributed by atoms with E-state index in [0.717, 1.165) is 36.9 Å². The number of benzene rings is 1. The molecular weight excluding hydrogens is 250 g/mol. The summed E-state index contributed by atoms with van der Waals surface area (Å²) in [5.41, 5.74) is 1.73. The fourth-order valence-corrected chi connectivity index (χ4v) is 2.97. The number of hydrogen-bond donors (Lipinski definition) is 0. The lowest BCUT2D eigenvalue weighted by Gasteiger charge is -2.23. The standard InChI is InChI=1S/C17H23NO2/c1-3-14-8-6-12-18(14)17(20)11-10-16(19)15-9-5-4-7-13(15)2/h4-5,7,9,14H,3,6,8,10-12H2,1-2H3. The van der Waals surface area contributed by atoms with Crippen LogP contribution in [0.5, 0.6) is 0 Å². The Labute approximate surface area is 121 Å². The van der Waals surface area contributed by atoms with Gasteiger partial charge in [0, 0.05) is 31.0 Å². The average Bonchev–Trinajstić information content (AvgIpc) is 2.93. The topological polar surface area (TPSA) is 37.4 Å². The summed E-state index contributed by atoms with van der Waals surface area (Å²) in [4.78, 5) is 26.3. The lowest BCUT2D eigenvalue weighted by molar-refractivity contribution is -0.132. The van der Waals surface area contributed by atoms with Crippen molar-refractivity contribution < 1.29 is 9.59 Å². The molecule has 3 nitrogen and oxygen atoms in total. The molecular formula is C17H23NO2. The number of ketones is 1. The van der Waals surface area contributed by atoms with Gasteiger partial charge in [0.1, 0.15) is 0 Å². The second-order valence-electron chi connectivity index (χ2n) is 5.53. The van der Waals surface area contributed by atoms with Crippen LogP contribution in [-0.2, 0) is 4.79 Å². The van der Waals surface area contributed by atoms with Gasteiger partial charge in [-0.15, -0.1) is 0 Å². The van der Waals surface area contributed by atoms with Crippen LogP contribution in [0, 0.1) is 6.92 Å². The minimum absolute atomic E-state index is 0.0729. The number of Topliss-reactive ketones (excluding diaryl/α,β-unsaturated/α-hetero) is 1. The Balaban J connectivity index is 1.90. The zero-order valence-corrected chi connectivity index (χ0v) is 12.4. The van der Waals surface area contributed by atoms with Crippen molar-refractivity contribution in [2.75, 3.05) is 6.54 Å². The van der Waals surface area contributed by atoms with Crippen LogP contribution in [0.2, 0.25) is 0 Å². The smallest absolute Gasteiger partial charge is 0.223 e. The minimum atomic E-state index is 0.0729. The van der Waals surface area contributed by atoms with Crippen LogP contribution in [0.3, 0.4) is 0 Å². The molecule has 2 rings (SSSR count). The van der Waals surface area contributed by atoms with Gasteiger partial charge in [0.05, 0.1) is 0 Å². The Bertz CT molecular complexity index is 496. The molecule has 1 atom stereocenters. The van der Waals surface area contributed by atoms with Gasteiger partial charge in [-0.1, -0.05) is 31.2 Å². The van der Waals surface area contributed by atoms with Gasteiger partial charge in [-0.05, 0) is 31.7 Å². The predicted octanol–water partition coefficient (Wildman–Crippen LogP) is 3.36. The zero-order valence-electron chi connectivity index (χ0n) is 12.4. The third-order valence-electron chi connectivity index (χ3n) is 4.18. The number of amides is 1. The van der Waals surface area contributed by atoms with Gasteiger partial charge < -0.3 is 4.90 Å². The second-order valence-corrected chi connectivity index (χ2v) is 5.53. The van der Waals surface area contributed by atoms with E-state index in [4.69, 9.17) is 0 Å². The molecule has 0 bridgehead atoms. The van der Waals surface area contributed by atoms with Crippen molar-refractivity contribution in [1.29, 1.82) is 0 Å². The van der Waals surface area contributed by atoms with E-state index in [-0.39, 0.29) is 11.7 Å². The first kappa shape index (κ1) is 14.8. The quantitative estimate of drug-likeness (QED) is 0.771. The van der Waals surface area contributed by atoms with Gasteiger partial charge in [0.25, 0.3) is 0 Å². The molecule has 108 valence electrons. The number of rotatable bonds is 5. The zero-order chi connectivity index (χ0) is 14.5. The van der Waals surface area contributed by atoms with Crippen molar-refractivity contribution in [3.63, 3.8) is 0 Å². The Hall–Kier alpha value is -1.64. The SMILES string of the molecule is CCC1CCCN1C(=O)CCC(=O)c1ccccc1C. The van der Waals surface area contributed by atoms with E-state index in [1.165, 1.54) is 0 Å². The van der Waals surface area contributed by atoms with Crippen molar-refractivity contribution in [2.45, 2.75) is 52.0 Å². The molecule has 0 radical (unpaired) electrons. The van der Waals surface area contributed by atoms with E-state index in [1.54, 1.807) is 0 Å². The third kappa shape index (κ3) is 3.27. The molecule has 3 heteroatoms. The van der Waals surface area contributed by atoms with Crippen molar-refractivity contribution in [3.8, 4) is 0 Å². The van der Waals surface area contributed by atoms with Crippen molar-refractivity contribution in [3.05, 3.63) is 35.4 Å². The summed E-state index contributed by atoms with van der Waals surface area (Å²) >= 11 is 0. The molecule has 1 saturated heterocycles. The Morgan fingerprint density at radius 3 is 2.70 bits per heavy atom. The van der Waals surface area contributed by atoms with E-state index in [0.29, 0.717) is 18.9 Å². The highest BCUT2D eigenvalue weighted by Crippen LogP contribution is 2.21. The van der Waals surface area contributed by atoms with E-state index in [1.807, 2.05) is 36.1 Å². The lowest BCUT2D eigenvalue weighted by Crippen LogP contribution is -2.35. The Morgan fingerprint density at radius 2 is 2.00 bits per heavy atom. The molecule has 1 heterocycles. The van der Waals surface area contributed by atoms with Gasteiger partial charge in [-0.3, -0.25) is 9.59 Å². The van der Waals surface area contributed by atoms with Crippen LogP contribution in [0.25, 0.3) is 0 Å². The lowest BCUT2D eigenvalue weighted by atomic mass is 10.0. The molecule has 0 saturated carbocycles. The summed E-state index contributed by atoms with van der Waals surface area (Å²) in [6, 6.07) is 7.95. The summed E-state index contributed by atoms with van der Waals surface area (Å²) in [6.07, 6.45) is 3.86. The fraction of sp³-hybridized carbons (Fsp3) is 0.529. The van der Waals surface area contributed by atoms with Gasteiger partial charge in [-0.2, -0.15) is 0 Å². The molecule has 20 heavy (non-hydrogen) atoms. The van der Waals surface area contributed by atoms with Crippen molar-refractivity contribution in [1.82, 2.24) is 4.90 Å². The Morgan fingerprint density at radius 1 is 1.25 bits per heavy atom. The number of hydrogen-bond acceptors (Lipinski definition) is 2. The number of nitrogens with zero attached hydrogens (tertiary/aromatic N) is 1. The van der Waals surface area contributed by atoms with Crippen LogP contribution in [-0.4, -0.2) is 29.2 Å². The number of aryl methyl sites for hydroxylation is 1. The highest BCUT2D eigenvalue weighted by Gasteiger charge is 2.27. The molecule has 1 aliphatic heterocycles. The maximum absolute atomic E-state index is 12.2. The number of carbonyl (C=O) groups excluding carboxylic acids is 2. The molecule has 0 aromatic heterocycles. The van der Waals surface area contributed by atoms with Gasteiger partial charge in [0.2, 0.25) is 5.91 Å². The van der Waals surface area contributed by atoms with Gasteiger partial charge in [0.15, 0.2) is 5.78 Å². The maximum atomic E-state index is 12.2.